The Bertz CT molecular complexity index is 1290. The van der Waals surface area contributed by atoms with Crippen molar-refractivity contribution in [3.05, 3.63) is 82.8 Å². The normalized spacial score (nSPS) is 12.2. The Morgan fingerprint density at radius 1 is 1.12 bits per heavy atom. The molecule has 2 aromatic heterocycles. The minimum Gasteiger partial charge on any atom is -0.324 e. The highest BCUT2D eigenvalue weighted by Gasteiger charge is 2.26. The van der Waals surface area contributed by atoms with Gasteiger partial charge in [-0.15, -0.1) is 0 Å². The second-order valence-electron chi connectivity index (χ2n) is 8.22. The highest BCUT2D eigenvalue weighted by atomic mass is 32.2. The number of nitrogens with one attached hydrogen (secondary N) is 1. The van der Waals surface area contributed by atoms with Crippen molar-refractivity contribution in [2.24, 2.45) is 0 Å². The van der Waals surface area contributed by atoms with Gasteiger partial charge < -0.3 is 5.32 Å². The van der Waals surface area contributed by atoms with Gasteiger partial charge in [0, 0.05) is 17.6 Å². The van der Waals surface area contributed by atoms with E-state index in [1.54, 1.807) is 12.3 Å². The first-order chi connectivity index (χ1) is 15.9. The zero-order chi connectivity index (χ0) is 23.5. The molecule has 4 rings (SSSR count). The number of imidazole rings is 1. The Morgan fingerprint density at radius 2 is 1.88 bits per heavy atom. The quantitative estimate of drug-likeness (QED) is 0.324. The first-order valence-corrected chi connectivity index (χ1v) is 11.9. The number of aromatic nitrogens is 3. The molecular weight excluding hydrogens is 435 g/mol. The lowest BCUT2D eigenvalue weighted by atomic mass is 10.0. The van der Waals surface area contributed by atoms with Gasteiger partial charge in [-0.25, -0.2) is 14.4 Å². The molecule has 2 heterocycles. The number of fused-ring (bicyclic) bond motifs is 1. The summed E-state index contributed by atoms with van der Waals surface area (Å²) in [4.78, 5) is 22.8. The number of rotatable bonds is 7. The van der Waals surface area contributed by atoms with Crippen molar-refractivity contribution in [2.45, 2.75) is 51.1 Å². The van der Waals surface area contributed by atoms with E-state index in [9.17, 15) is 9.18 Å². The molecule has 5 nitrogen and oxygen atoms in total. The summed E-state index contributed by atoms with van der Waals surface area (Å²) in [5.74, 6) is 0.165. The summed E-state index contributed by atoms with van der Waals surface area (Å²) in [6, 6.07) is 13.9. The van der Waals surface area contributed by atoms with E-state index in [1.807, 2.05) is 50.5 Å². The number of carbonyl (C=O) groups is 1. The summed E-state index contributed by atoms with van der Waals surface area (Å²) in [6.07, 6.45) is 2.28. The lowest BCUT2D eigenvalue weighted by molar-refractivity contribution is -0.119. The van der Waals surface area contributed by atoms with Crippen molar-refractivity contribution in [3.8, 4) is 0 Å². The first kappa shape index (κ1) is 23.0. The van der Waals surface area contributed by atoms with Gasteiger partial charge in [-0.1, -0.05) is 48.5 Å². The summed E-state index contributed by atoms with van der Waals surface area (Å²) < 4.78 is 15.5. The third-order valence-electron chi connectivity index (χ3n) is 5.60. The average molecular weight is 463 g/mol. The van der Waals surface area contributed by atoms with E-state index < -0.39 is 6.04 Å². The number of halogens is 1. The predicted molar refractivity (Wildman–Crippen MR) is 132 cm³/mol. The van der Waals surface area contributed by atoms with Gasteiger partial charge >= 0.3 is 0 Å². The van der Waals surface area contributed by atoms with Gasteiger partial charge in [-0.2, -0.15) is 0 Å². The van der Waals surface area contributed by atoms with Crippen LogP contribution in [0, 0.1) is 26.6 Å². The molecule has 2 aromatic carbocycles. The van der Waals surface area contributed by atoms with Gasteiger partial charge in [0.25, 0.3) is 0 Å². The number of hydrogen-bond donors (Lipinski definition) is 1. The molecule has 0 saturated heterocycles. The molecule has 1 amide bonds. The summed E-state index contributed by atoms with van der Waals surface area (Å²) in [5, 5.41) is 3.83. The smallest absolute Gasteiger partial charge is 0.247 e. The lowest BCUT2D eigenvalue weighted by Gasteiger charge is -2.21. The molecule has 4 aromatic rings. The van der Waals surface area contributed by atoms with Gasteiger partial charge in [0.15, 0.2) is 10.8 Å². The standard InChI is InChI=1S/C26H27FN4OS/c1-5-22(25(32)30-23-17(3)12-16(2)13-18(23)4)31-24-21(10-7-11-28-24)29-26(31)33-15-19-8-6-9-20(27)14-19/h6-14,22H,5,15H2,1-4H3,(H,30,32)/t22-/m1/s1. The van der Waals surface area contributed by atoms with Gasteiger partial charge in [-0.3, -0.25) is 9.36 Å². The molecule has 0 unspecified atom stereocenters. The van der Waals surface area contributed by atoms with Crippen LogP contribution in [0.25, 0.3) is 11.2 Å². The third-order valence-corrected chi connectivity index (χ3v) is 6.62. The molecule has 0 bridgehead atoms. The summed E-state index contributed by atoms with van der Waals surface area (Å²) >= 11 is 1.48. The second-order valence-corrected chi connectivity index (χ2v) is 9.16. The van der Waals surface area contributed by atoms with E-state index >= 15 is 0 Å². The maximum Gasteiger partial charge on any atom is 0.247 e. The molecule has 0 fully saturated rings. The fourth-order valence-electron chi connectivity index (χ4n) is 4.14. The Hall–Kier alpha value is -3.19. The average Bonchev–Trinajstić information content (AvgIpc) is 3.14. The number of carbonyl (C=O) groups excluding carboxylic acids is 1. The van der Waals surface area contributed by atoms with Gasteiger partial charge in [-0.05, 0) is 68.1 Å². The number of nitrogens with zero attached hydrogens (tertiary/aromatic N) is 3. The van der Waals surface area contributed by atoms with E-state index in [4.69, 9.17) is 4.98 Å². The fraction of sp³-hybridized carbons (Fsp3) is 0.269. The third kappa shape index (κ3) is 4.93. The first-order valence-electron chi connectivity index (χ1n) is 11.0. The monoisotopic (exact) mass is 462 g/mol. The van der Waals surface area contributed by atoms with Crippen LogP contribution >= 0.6 is 11.8 Å². The van der Waals surface area contributed by atoms with Crippen molar-refractivity contribution < 1.29 is 9.18 Å². The molecule has 7 heteroatoms. The molecule has 0 aliphatic rings. The van der Waals surface area contributed by atoms with E-state index in [0.29, 0.717) is 23.0 Å². The highest BCUT2D eigenvalue weighted by Crippen LogP contribution is 2.32. The zero-order valence-corrected chi connectivity index (χ0v) is 20.0. The second kappa shape index (κ2) is 9.75. The summed E-state index contributed by atoms with van der Waals surface area (Å²) in [6.45, 7) is 8.04. The molecular formula is C26H27FN4OS. The maximum atomic E-state index is 13.6. The molecule has 0 aliphatic carbocycles. The number of anilines is 1. The van der Waals surface area contributed by atoms with Crippen molar-refractivity contribution in [2.75, 3.05) is 5.32 Å². The van der Waals surface area contributed by atoms with Crippen LogP contribution in [0.3, 0.4) is 0 Å². The van der Waals surface area contributed by atoms with Crippen molar-refractivity contribution in [1.82, 2.24) is 14.5 Å². The predicted octanol–water partition coefficient (Wildman–Crippen LogP) is 6.38. The number of pyridine rings is 1. The van der Waals surface area contributed by atoms with Crippen LogP contribution < -0.4 is 5.32 Å². The van der Waals surface area contributed by atoms with Gasteiger partial charge in [0.05, 0.1) is 0 Å². The Kier molecular flexibility index (Phi) is 6.79. The highest BCUT2D eigenvalue weighted by molar-refractivity contribution is 7.98. The molecule has 1 N–H and O–H groups in total. The van der Waals surface area contributed by atoms with Crippen LogP contribution in [0.1, 0.15) is 41.6 Å². The van der Waals surface area contributed by atoms with Crippen LogP contribution in [0.5, 0.6) is 0 Å². The van der Waals surface area contributed by atoms with E-state index in [0.717, 1.165) is 33.5 Å². The topological polar surface area (TPSA) is 59.8 Å². The van der Waals surface area contributed by atoms with Crippen molar-refractivity contribution in [3.63, 3.8) is 0 Å². The molecule has 1 atom stereocenters. The van der Waals surface area contributed by atoms with Crippen LogP contribution in [0.15, 0.2) is 59.9 Å². The van der Waals surface area contributed by atoms with E-state index in [-0.39, 0.29) is 11.7 Å². The molecule has 33 heavy (non-hydrogen) atoms. The molecule has 0 saturated carbocycles. The fourth-order valence-corrected chi connectivity index (χ4v) is 5.13. The molecule has 0 radical (unpaired) electrons. The van der Waals surface area contributed by atoms with Crippen LogP contribution in [-0.4, -0.2) is 20.4 Å². The number of aryl methyl sites for hydroxylation is 3. The molecule has 170 valence electrons. The van der Waals surface area contributed by atoms with Crippen molar-refractivity contribution >= 4 is 34.5 Å². The number of amides is 1. The van der Waals surface area contributed by atoms with E-state index in [1.165, 1.54) is 23.9 Å². The number of hydrogen-bond acceptors (Lipinski definition) is 4. The number of thioether (sulfide) groups is 1. The van der Waals surface area contributed by atoms with Crippen LogP contribution in [-0.2, 0) is 10.5 Å². The van der Waals surface area contributed by atoms with Crippen molar-refractivity contribution in [1.29, 1.82) is 0 Å². The minimum absolute atomic E-state index is 0.106. The Balaban J connectivity index is 1.68. The SMILES string of the molecule is CC[C@H](C(=O)Nc1c(C)cc(C)cc1C)n1c(SCc2cccc(F)c2)nc2cccnc21. The lowest BCUT2D eigenvalue weighted by Crippen LogP contribution is -2.27. The summed E-state index contributed by atoms with van der Waals surface area (Å²) in [7, 11) is 0. The Morgan fingerprint density at radius 3 is 2.58 bits per heavy atom. The summed E-state index contributed by atoms with van der Waals surface area (Å²) in [5.41, 5.74) is 6.32. The van der Waals surface area contributed by atoms with Gasteiger partial charge in [0.2, 0.25) is 5.91 Å². The number of benzene rings is 2. The zero-order valence-electron chi connectivity index (χ0n) is 19.2. The molecule has 0 aliphatic heterocycles. The maximum absolute atomic E-state index is 13.6. The minimum atomic E-state index is -0.486. The van der Waals surface area contributed by atoms with Crippen LogP contribution in [0.2, 0.25) is 0 Å². The molecule has 0 spiro atoms. The Labute approximate surface area is 197 Å². The van der Waals surface area contributed by atoms with E-state index in [2.05, 4.69) is 22.4 Å². The van der Waals surface area contributed by atoms with Crippen LogP contribution in [0.4, 0.5) is 10.1 Å². The largest absolute Gasteiger partial charge is 0.324 e. The van der Waals surface area contributed by atoms with Gasteiger partial charge in [0.1, 0.15) is 17.4 Å².